The summed E-state index contributed by atoms with van der Waals surface area (Å²) < 4.78 is 0. The monoisotopic (exact) mass is 226 g/mol. The van der Waals surface area contributed by atoms with E-state index in [4.69, 9.17) is 5.26 Å². The van der Waals surface area contributed by atoms with E-state index in [9.17, 15) is 4.79 Å². The van der Waals surface area contributed by atoms with E-state index in [-0.39, 0.29) is 5.91 Å². The summed E-state index contributed by atoms with van der Waals surface area (Å²) >= 11 is 1.37. The van der Waals surface area contributed by atoms with E-state index in [0.29, 0.717) is 23.0 Å². The molecule has 0 spiro atoms. The zero-order valence-corrected chi connectivity index (χ0v) is 10.2. The maximum atomic E-state index is 11.4. The first-order valence-corrected chi connectivity index (χ1v) is 6.43. The third-order valence-corrected chi connectivity index (χ3v) is 3.53. The van der Waals surface area contributed by atoms with Crippen LogP contribution in [-0.2, 0) is 4.79 Å². The standard InChI is InChI=1S/C11H18N2OS/c1-11(2)4-3-9(7-11)13-10(14)8-15-6-5-12/h9H,3-4,6-8H2,1-2H3,(H,13,14). The minimum absolute atomic E-state index is 0.0675. The number of amides is 1. The summed E-state index contributed by atoms with van der Waals surface area (Å²) in [5, 5.41) is 11.4. The van der Waals surface area contributed by atoms with Gasteiger partial charge in [-0.15, -0.1) is 11.8 Å². The number of hydrogen-bond acceptors (Lipinski definition) is 3. The molecule has 0 heterocycles. The normalized spacial score (nSPS) is 23.4. The third kappa shape index (κ3) is 4.57. The van der Waals surface area contributed by atoms with E-state index in [0.717, 1.165) is 12.8 Å². The molecule has 0 aliphatic heterocycles. The molecule has 0 saturated heterocycles. The second kappa shape index (κ2) is 5.41. The lowest BCUT2D eigenvalue weighted by Gasteiger charge is -2.17. The van der Waals surface area contributed by atoms with Crippen molar-refractivity contribution in [3.8, 4) is 6.07 Å². The molecule has 1 aliphatic rings. The van der Waals surface area contributed by atoms with E-state index in [1.165, 1.54) is 18.2 Å². The molecular weight excluding hydrogens is 208 g/mol. The molecule has 0 radical (unpaired) electrons. The number of nitrogens with zero attached hydrogens (tertiary/aromatic N) is 1. The average Bonchev–Trinajstić information content (AvgIpc) is 2.46. The number of nitrogens with one attached hydrogen (secondary N) is 1. The van der Waals surface area contributed by atoms with Crippen molar-refractivity contribution in [1.82, 2.24) is 5.32 Å². The fourth-order valence-corrected chi connectivity index (χ4v) is 2.48. The van der Waals surface area contributed by atoms with Crippen LogP contribution in [0.3, 0.4) is 0 Å². The Morgan fingerprint density at radius 3 is 2.93 bits per heavy atom. The van der Waals surface area contributed by atoms with Crippen molar-refractivity contribution in [3.05, 3.63) is 0 Å². The van der Waals surface area contributed by atoms with E-state index >= 15 is 0 Å². The van der Waals surface area contributed by atoms with E-state index < -0.39 is 0 Å². The Hall–Kier alpha value is -0.690. The maximum absolute atomic E-state index is 11.4. The van der Waals surface area contributed by atoms with Crippen molar-refractivity contribution in [2.75, 3.05) is 11.5 Å². The Morgan fingerprint density at radius 1 is 1.67 bits per heavy atom. The topological polar surface area (TPSA) is 52.9 Å². The first-order chi connectivity index (χ1) is 7.03. The maximum Gasteiger partial charge on any atom is 0.230 e. The molecule has 0 aromatic carbocycles. The largest absolute Gasteiger partial charge is 0.353 e. The van der Waals surface area contributed by atoms with Gasteiger partial charge in [-0.2, -0.15) is 5.26 Å². The number of nitriles is 1. The van der Waals surface area contributed by atoms with Gasteiger partial charge in [0.25, 0.3) is 0 Å². The molecule has 0 aromatic rings. The van der Waals surface area contributed by atoms with Gasteiger partial charge in [0, 0.05) is 6.04 Å². The highest BCUT2D eigenvalue weighted by Crippen LogP contribution is 2.36. The van der Waals surface area contributed by atoms with Crippen LogP contribution in [0.25, 0.3) is 0 Å². The summed E-state index contributed by atoms with van der Waals surface area (Å²) in [6, 6.07) is 2.36. The SMILES string of the molecule is CC1(C)CCC(NC(=O)CSCC#N)C1. The Labute approximate surface area is 95.6 Å². The molecule has 1 amide bonds. The van der Waals surface area contributed by atoms with E-state index in [2.05, 4.69) is 19.2 Å². The predicted molar refractivity (Wildman–Crippen MR) is 62.5 cm³/mol. The van der Waals surface area contributed by atoms with Crippen LogP contribution in [0.15, 0.2) is 0 Å². The van der Waals surface area contributed by atoms with Crippen LogP contribution in [-0.4, -0.2) is 23.5 Å². The molecular formula is C11H18N2OS. The Balaban J connectivity index is 2.20. The smallest absolute Gasteiger partial charge is 0.230 e. The number of carbonyl (C=O) groups excluding carboxylic acids is 1. The minimum Gasteiger partial charge on any atom is -0.353 e. The van der Waals surface area contributed by atoms with Crippen molar-refractivity contribution in [1.29, 1.82) is 5.26 Å². The van der Waals surface area contributed by atoms with Crippen molar-refractivity contribution >= 4 is 17.7 Å². The van der Waals surface area contributed by atoms with Crippen LogP contribution in [0.1, 0.15) is 33.1 Å². The van der Waals surface area contributed by atoms with E-state index in [1.54, 1.807) is 0 Å². The van der Waals surface area contributed by atoms with Crippen molar-refractivity contribution < 1.29 is 4.79 Å². The Kier molecular flexibility index (Phi) is 4.46. The third-order valence-electron chi connectivity index (χ3n) is 2.73. The van der Waals surface area contributed by atoms with Crippen LogP contribution in [0.4, 0.5) is 0 Å². The lowest BCUT2D eigenvalue weighted by Crippen LogP contribution is -2.34. The molecule has 15 heavy (non-hydrogen) atoms. The van der Waals surface area contributed by atoms with Gasteiger partial charge in [-0.05, 0) is 24.7 Å². The van der Waals surface area contributed by atoms with Crippen LogP contribution < -0.4 is 5.32 Å². The number of thioether (sulfide) groups is 1. The second-order valence-corrected chi connectivity index (χ2v) is 5.81. The summed E-state index contributed by atoms with van der Waals surface area (Å²) in [5.41, 5.74) is 0.373. The van der Waals surface area contributed by atoms with Crippen molar-refractivity contribution in [3.63, 3.8) is 0 Å². The fourth-order valence-electron chi connectivity index (χ4n) is 2.02. The summed E-state index contributed by atoms with van der Waals surface area (Å²) in [6.45, 7) is 4.48. The first-order valence-electron chi connectivity index (χ1n) is 5.27. The van der Waals surface area contributed by atoms with Gasteiger partial charge in [-0.1, -0.05) is 13.8 Å². The molecule has 1 rings (SSSR count). The van der Waals surface area contributed by atoms with E-state index in [1.807, 2.05) is 6.07 Å². The highest BCUT2D eigenvalue weighted by atomic mass is 32.2. The van der Waals surface area contributed by atoms with Crippen LogP contribution in [0.5, 0.6) is 0 Å². The minimum atomic E-state index is 0.0675. The van der Waals surface area contributed by atoms with Gasteiger partial charge in [0.1, 0.15) is 0 Å². The highest BCUT2D eigenvalue weighted by molar-refractivity contribution is 8.00. The average molecular weight is 226 g/mol. The molecule has 1 atom stereocenters. The van der Waals surface area contributed by atoms with Gasteiger partial charge in [0.15, 0.2) is 0 Å². The fraction of sp³-hybridized carbons (Fsp3) is 0.818. The molecule has 1 fully saturated rings. The van der Waals surface area contributed by atoms with Crippen molar-refractivity contribution in [2.45, 2.75) is 39.2 Å². The molecule has 4 heteroatoms. The number of rotatable bonds is 4. The molecule has 1 saturated carbocycles. The molecule has 3 nitrogen and oxygen atoms in total. The van der Waals surface area contributed by atoms with Crippen LogP contribution >= 0.6 is 11.8 Å². The predicted octanol–water partition coefficient (Wildman–Crippen LogP) is 1.94. The van der Waals surface area contributed by atoms with Crippen LogP contribution in [0, 0.1) is 16.7 Å². The second-order valence-electron chi connectivity index (χ2n) is 4.82. The first kappa shape index (κ1) is 12.4. The Bertz CT molecular complexity index is 270. The molecule has 0 bridgehead atoms. The van der Waals surface area contributed by atoms with Gasteiger partial charge in [-0.25, -0.2) is 0 Å². The molecule has 84 valence electrons. The summed E-state index contributed by atoms with van der Waals surface area (Å²) in [6.07, 6.45) is 3.34. The lowest BCUT2D eigenvalue weighted by molar-refractivity contribution is -0.119. The number of carbonyl (C=O) groups is 1. The van der Waals surface area contributed by atoms with Gasteiger partial charge in [0.2, 0.25) is 5.91 Å². The number of hydrogen-bond donors (Lipinski definition) is 1. The summed E-state index contributed by atoms with van der Waals surface area (Å²) in [4.78, 5) is 11.4. The summed E-state index contributed by atoms with van der Waals surface area (Å²) in [5.74, 6) is 0.867. The van der Waals surface area contributed by atoms with Crippen molar-refractivity contribution in [2.24, 2.45) is 5.41 Å². The lowest BCUT2D eigenvalue weighted by atomic mass is 9.92. The Morgan fingerprint density at radius 2 is 2.40 bits per heavy atom. The van der Waals surface area contributed by atoms with Gasteiger partial charge >= 0.3 is 0 Å². The van der Waals surface area contributed by atoms with Gasteiger partial charge in [-0.3, -0.25) is 4.79 Å². The van der Waals surface area contributed by atoms with Gasteiger partial charge in [0.05, 0.1) is 17.6 Å². The molecule has 0 aromatic heterocycles. The summed E-state index contributed by atoms with van der Waals surface area (Å²) in [7, 11) is 0. The van der Waals surface area contributed by atoms with Crippen LogP contribution in [0.2, 0.25) is 0 Å². The quantitative estimate of drug-likeness (QED) is 0.745. The molecule has 1 unspecified atom stereocenters. The molecule has 1 aliphatic carbocycles. The zero-order valence-electron chi connectivity index (χ0n) is 9.38. The zero-order chi connectivity index (χ0) is 11.3. The highest BCUT2D eigenvalue weighted by Gasteiger charge is 2.31. The van der Waals surface area contributed by atoms with Gasteiger partial charge < -0.3 is 5.32 Å². The molecule has 1 N–H and O–H groups in total.